The molecule has 1 spiro atoms. The molecule has 1 aliphatic carbocycles. The van der Waals surface area contributed by atoms with E-state index in [1.54, 1.807) is 0 Å². The second-order valence-corrected chi connectivity index (χ2v) is 5.15. The van der Waals surface area contributed by atoms with E-state index in [4.69, 9.17) is 9.84 Å². The molecule has 4 atom stereocenters. The van der Waals surface area contributed by atoms with Gasteiger partial charge in [-0.2, -0.15) is 0 Å². The summed E-state index contributed by atoms with van der Waals surface area (Å²) in [5, 5.41) is 9.13. The van der Waals surface area contributed by atoms with Gasteiger partial charge in [-0.1, -0.05) is 20.3 Å². The molecule has 2 fully saturated rings. The normalized spacial score (nSPS) is 48.6. The maximum Gasteiger partial charge on any atom is 0.0814 e. The molecule has 1 heterocycles. The van der Waals surface area contributed by atoms with Crippen LogP contribution in [0.3, 0.4) is 0 Å². The first kappa shape index (κ1) is 10.4. The summed E-state index contributed by atoms with van der Waals surface area (Å²) in [6.45, 7) is 4.83. The largest absolute Gasteiger partial charge is 0.394 e. The minimum Gasteiger partial charge on any atom is -0.394 e. The van der Waals surface area contributed by atoms with Crippen LogP contribution in [0.4, 0.5) is 0 Å². The number of aliphatic hydroxyl groups is 1. The van der Waals surface area contributed by atoms with Crippen LogP contribution in [0.1, 0.15) is 46.0 Å². The first-order chi connectivity index (χ1) is 6.69. The third-order valence-electron chi connectivity index (χ3n) is 4.39. The molecular formula is C12H22O2. The van der Waals surface area contributed by atoms with Crippen LogP contribution in [0.5, 0.6) is 0 Å². The monoisotopic (exact) mass is 198 g/mol. The summed E-state index contributed by atoms with van der Waals surface area (Å²) in [5.74, 6) is 1.34. The Balaban J connectivity index is 2.12. The van der Waals surface area contributed by atoms with Gasteiger partial charge in [0.15, 0.2) is 0 Å². The predicted molar refractivity (Wildman–Crippen MR) is 56.1 cm³/mol. The molecule has 1 aliphatic heterocycles. The zero-order chi connectivity index (χ0) is 10.2. The molecule has 2 aliphatic rings. The van der Waals surface area contributed by atoms with E-state index in [9.17, 15) is 0 Å². The van der Waals surface area contributed by atoms with Crippen LogP contribution in [0.15, 0.2) is 0 Å². The van der Waals surface area contributed by atoms with Crippen molar-refractivity contribution in [2.75, 3.05) is 6.61 Å². The highest BCUT2D eigenvalue weighted by Crippen LogP contribution is 2.48. The quantitative estimate of drug-likeness (QED) is 0.701. The molecule has 0 radical (unpaired) electrons. The van der Waals surface area contributed by atoms with Gasteiger partial charge in [-0.25, -0.2) is 0 Å². The average molecular weight is 198 g/mol. The maximum absolute atomic E-state index is 9.13. The van der Waals surface area contributed by atoms with Crippen molar-refractivity contribution in [3.05, 3.63) is 0 Å². The van der Waals surface area contributed by atoms with E-state index in [2.05, 4.69) is 13.8 Å². The lowest BCUT2D eigenvalue weighted by Gasteiger charge is -2.44. The molecule has 0 bridgehead atoms. The van der Waals surface area contributed by atoms with Crippen molar-refractivity contribution in [3.63, 3.8) is 0 Å². The first-order valence-corrected chi connectivity index (χ1v) is 5.97. The summed E-state index contributed by atoms with van der Waals surface area (Å²) in [6.07, 6.45) is 6.24. The standard InChI is InChI=1S/C12H22O2/c1-9-4-3-5-10(2)12(9)7-6-11(8-13)14-12/h9-11,13H,3-8H2,1-2H3/t9-,10+,11-,12?/m1/s1. The number of hydrogen-bond acceptors (Lipinski definition) is 2. The number of ether oxygens (including phenoxy) is 1. The molecule has 1 N–H and O–H groups in total. The molecule has 14 heavy (non-hydrogen) atoms. The van der Waals surface area contributed by atoms with Gasteiger partial charge in [0.25, 0.3) is 0 Å². The molecule has 2 nitrogen and oxygen atoms in total. The molecule has 2 rings (SSSR count). The van der Waals surface area contributed by atoms with Crippen LogP contribution in [0.25, 0.3) is 0 Å². The smallest absolute Gasteiger partial charge is 0.0814 e. The molecule has 2 heteroatoms. The van der Waals surface area contributed by atoms with E-state index in [1.165, 1.54) is 19.3 Å². The molecule has 1 saturated heterocycles. The van der Waals surface area contributed by atoms with Gasteiger partial charge in [-0.3, -0.25) is 0 Å². The van der Waals surface area contributed by atoms with E-state index in [-0.39, 0.29) is 18.3 Å². The lowest BCUT2D eigenvalue weighted by atomic mass is 9.68. The maximum atomic E-state index is 9.13. The van der Waals surface area contributed by atoms with Crippen LogP contribution in [0.2, 0.25) is 0 Å². The van der Waals surface area contributed by atoms with Crippen molar-refractivity contribution in [2.45, 2.75) is 57.7 Å². The fraction of sp³-hybridized carbons (Fsp3) is 1.00. The Morgan fingerprint density at radius 3 is 2.36 bits per heavy atom. The van der Waals surface area contributed by atoms with Crippen molar-refractivity contribution in [1.29, 1.82) is 0 Å². The van der Waals surface area contributed by atoms with Crippen LogP contribution < -0.4 is 0 Å². The van der Waals surface area contributed by atoms with Crippen LogP contribution in [-0.4, -0.2) is 23.4 Å². The minimum atomic E-state index is 0.103. The van der Waals surface area contributed by atoms with Gasteiger partial charge in [0.1, 0.15) is 0 Å². The first-order valence-electron chi connectivity index (χ1n) is 5.97. The van der Waals surface area contributed by atoms with Crippen LogP contribution >= 0.6 is 0 Å². The third-order valence-corrected chi connectivity index (χ3v) is 4.39. The second kappa shape index (κ2) is 3.82. The summed E-state index contributed by atoms with van der Waals surface area (Å²) in [5.41, 5.74) is 0.103. The van der Waals surface area contributed by atoms with E-state index >= 15 is 0 Å². The third kappa shape index (κ3) is 1.49. The van der Waals surface area contributed by atoms with Gasteiger partial charge in [0.2, 0.25) is 0 Å². The van der Waals surface area contributed by atoms with E-state index in [0.717, 1.165) is 12.8 Å². The fourth-order valence-corrected chi connectivity index (χ4v) is 3.37. The Bertz CT molecular complexity index is 192. The van der Waals surface area contributed by atoms with Gasteiger partial charge in [0, 0.05) is 0 Å². The van der Waals surface area contributed by atoms with Crippen LogP contribution in [-0.2, 0) is 4.74 Å². The van der Waals surface area contributed by atoms with Gasteiger partial charge >= 0.3 is 0 Å². The Kier molecular flexibility index (Phi) is 2.85. The Hall–Kier alpha value is -0.0800. The lowest BCUT2D eigenvalue weighted by Crippen LogP contribution is -2.46. The fourth-order valence-electron chi connectivity index (χ4n) is 3.37. The summed E-state index contributed by atoms with van der Waals surface area (Å²) in [6, 6.07) is 0. The van der Waals surface area contributed by atoms with E-state index in [1.807, 2.05) is 0 Å². The zero-order valence-electron chi connectivity index (χ0n) is 9.33. The molecule has 0 aromatic heterocycles. The Morgan fingerprint density at radius 1 is 1.21 bits per heavy atom. The summed E-state index contributed by atoms with van der Waals surface area (Å²) in [4.78, 5) is 0. The SMILES string of the molecule is C[C@@H]1CCC[C@H](C)C12CC[C@H](CO)O2. The van der Waals surface area contributed by atoms with Crippen molar-refractivity contribution in [3.8, 4) is 0 Å². The average Bonchev–Trinajstić information content (AvgIpc) is 2.60. The highest BCUT2D eigenvalue weighted by atomic mass is 16.5. The second-order valence-electron chi connectivity index (χ2n) is 5.15. The molecule has 0 aromatic rings. The van der Waals surface area contributed by atoms with Crippen molar-refractivity contribution >= 4 is 0 Å². The highest BCUT2D eigenvalue weighted by Gasteiger charge is 2.49. The van der Waals surface area contributed by atoms with Gasteiger partial charge in [0.05, 0.1) is 18.3 Å². The molecule has 1 saturated carbocycles. The number of rotatable bonds is 1. The van der Waals surface area contributed by atoms with Gasteiger partial charge < -0.3 is 9.84 Å². The molecule has 0 amide bonds. The molecule has 1 unspecified atom stereocenters. The van der Waals surface area contributed by atoms with E-state index in [0.29, 0.717) is 11.8 Å². The van der Waals surface area contributed by atoms with Crippen molar-refractivity contribution < 1.29 is 9.84 Å². The zero-order valence-corrected chi connectivity index (χ0v) is 9.33. The molecule has 0 aromatic carbocycles. The minimum absolute atomic E-state index is 0.103. The number of aliphatic hydroxyl groups excluding tert-OH is 1. The highest BCUT2D eigenvalue weighted by molar-refractivity contribution is 4.98. The van der Waals surface area contributed by atoms with Gasteiger partial charge in [-0.15, -0.1) is 0 Å². The van der Waals surface area contributed by atoms with Crippen molar-refractivity contribution in [1.82, 2.24) is 0 Å². The summed E-state index contributed by atoms with van der Waals surface area (Å²) >= 11 is 0. The van der Waals surface area contributed by atoms with Crippen molar-refractivity contribution in [2.24, 2.45) is 11.8 Å². The Labute approximate surface area is 86.6 Å². The molecule has 82 valence electrons. The summed E-state index contributed by atoms with van der Waals surface area (Å²) in [7, 11) is 0. The Morgan fingerprint density at radius 2 is 1.86 bits per heavy atom. The molecular weight excluding hydrogens is 176 g/mol. The topological polar surface area (TPSA) is 29.5 Å². The lowest BCUT2D eigenvalue weighted by molar-refractivity contribution is -0.135. The van der Waals surface area contributed by atoms with Crippen LogP contribution in [0, 0.1) is 11.8 Å². The van der Waals surface area contributed by atoms with Gasteiger partial charge in [-0.05, 0) is 37.5 Å². The predicted octanol–water partition coefficient (Wildman–Crippen LogP) is 2.35. The summed E-state index contributed by atoms with van der Waals surface area (Å²) < 4.78 is 6.11. The van der Waals surface area contributed by atoms with E-state index < -0.39 is 0 Å². The number of hydrogen-bond donors (Lipinski definition) is 1.